The van der Waals surface area contributed by atoms with Gasteiger partial charge in [-0.25, -0.2) is 4.98 Å². The highest BCUT2D eigenvalue weighted by atomic mass is 16.3. The van der Waals surface area contributed by atoms with E-state index in [1.54, 1.807) is 0 Å². The van der Waals surface area contributed by atoms with E-state index in [0.29, 0.717) is 17.6 Å². The largest absolute Gasteiger partial charge is 0.456 e. The number of allylic oxidation sites excluding steroid dienone is 7. The van der Waals surface area contributed by atoms with Gasteiger partial charge in [0.2, 0.25) is 5.95 Å². The Kier molecular flexibility index (Phi) is 9.84. The molecule has 0 radical (unpaired) electrons. The van der Waals surface area contributed by atoms with Crippen molar-refractivity contribution < 1.29 is 4.42 Å². The number of nitrogens with zero attached hydrogens (tertiary/aromatic N) is 5. The van der Waals surface area contributed by atoms with E-state index in [2.05, 4.69) is 186 Å². The molecule has 8 aromatic carbocycles. The lowest BCUT2D eigenvalue weighted by Crippen LogP contribution is -2.07. The summed E-state index contributed by atoms with van der Waals surface area (Å²) in [5.74, 6) is 1.64. The first-order chi connectivity index (χ1) is 33.2. The molecular weight excluding hydrogens is 819 g/mol. The predicted molar refractivity (Wildman–Crippen MR) is 279 cm³/mol. The van der Waals surface area contributed by atoms with Crippen LogP contribution in [0.15, 0.2) is 229 Å². The van der Waals surface area contributed by atoms with Gasteiger partial charge in [0.15, 0.2) is 11.6 Å². The fraction of sp³-hybridized carbons (Fsp3) is 0.0328. The molecule has 0 aliphatic heterocycles. The number of furan rings is 1. The fourth-order valence-electron chi connectivity index (χ4n) is 9.87. The third-order valence-electron chi connectivity index (χ3n) is 12.8. The number of hydrogen-bond donors (Lipinski definition) is 0. The summed E-state index contributed by atoms with van der Waals surface area (Å²) in [5.41, 5.74) is 13.0. The van der Waals surface area contributed by atoms with Crippen molar-refractivity contribution in [3.05, 3.63) is 225 Å². The molecule has 6 heteroatoms. The van der Waals surface area contributed by atoms with Crippen LogP contribution < -0.4 is 0 Å². The molecule has 0 N–H and O–H groups in total. The molecule has 0 spiro atoms. The summed E-state index contributed by atoms with van der Waals surface area (Å²) in [4.78, 5) is 16.3. The topological polar surface area (TPSA) is 61.7 Å². The summed E-state index contributed by atoms with van der Waals surface area (Å²) in [6.45, 7) is 5.99. The first kappa shape index (κ1) is 39.7. The van der Waals surface area contributed by atoms with Crippen molar-refractivity contribution in [3.63, 3.8) is 0 Å². The Morgan fingerprint density at radius 1 is 0.507 bits per heavy atom. The van der Waals surface area contributed by atoms with Gasteiger partial charge >= 0.3 is 0 Å². The maximum Gasteiger partial charge on any atom is 0.238 e. The third-order valence-corrected chi connectivity index (χ3v) is 12.8. The van der Waals surface area contributed by atoms with Crippen LogP contribution in [-0.2, 0) is 0 Å². The minimum absolute atomic E-state index is 0.517. The SMILES string of the molecule is C=C/C=C\C/C=C\C(=C/C)n1c2c(-c3ccccc3)cccc2c2ccc3c4ccccc4n(-c4nc(-c5ccccc5)nc(-c5cccc6oc7cccc(-c8ccccc8)c7c56)n4)c3c21. The summed E-state index contributed by atoms with van der Waals surface area (Å²) in [6, 6.07) is 63.6. The smallest absolute Gasteiger partial charge is 0.238 e. The second-order valence-electron chi connectivity index (χ2n) is 16.6. The van der Waals surface area contributed by atoms with Crippen LogP contribution in [0, 0.1) is 0 Å². The van der Waals surface area contributed by atoms with Crippen LogP contribution in [-0.4, -0.2) is 24.1 Å². The van der Waals surface area contributed by atoms with E-state index in [4.69, 9.17) is 19.4 Å². The number of benzene rings is 8. The first-order valence-electron chi connectivity index (χ1n) is 22.7. The Morgan fingerprint density at radius 2 is 1.07 bits per heavy atom. The van der Waals surface area contributed by atoms with Crippen LogP contribution in [0.5, 0.6) is 0 Å². The first-order valence-corrected chi connectivity index (χ1v) is 22.7. The van der Waals surface area contributed by atoms with Gasteiger partial charge in [0, 0.05) is 54.7 Å². The zero-order valence-corrected chi connectivity index (χ0v) is 36.8. The molecule has 6 nitrogen and oxygen atoms in total. The summed E-state index contributed by atoms with van der Waals surface area (Å²) in [6.07, 6.45) is 13.3. The number of hydrogen-bond acceptors (Lipinski definition) is 4. The number of para-hydroxylation sites is 2. The lowest BCUT2D eigenvalue weighted by molar-refractivity contribution is 0.669. The van der Waals surface area contributed by atoms with Gasteiger partial charge in [-0.3, -0.25) is 4.57 Å². The molecule has 67 heavy (non-hydrogen) atoms. The Hall–Kier alpha value is -8.87. The van der Waals surface area contributed by atoms with Gasteiger partial charge in [0.05, 0.1) is 22.1 Å². The van der Waals surface area contributed by atoms with Crippen LogP contribution in [0.3, 0.4) is 0 Å². The molecule has 0 bridgehead atoms. The van der Waals surface area contributed by atoms with Gasteiger partial charge in [-0.05, 0) is 54.3 Å². The maximum absolute atomic E-state index is 6.62. The van der Waals surface area contributed by atoms with Crippen LogP contribution in [0.2, 0.25) is 0 Å². The Morgan fingerprint density at radius 3 is 1.79 bits per heavy atom. The highest BCUT2D eigenvalue weighted by molar-refractivity contribution is 6.26. The van der Waals surface area contributed by atoms with Gasteiger partial charge in [0.1, 0.15) is 11.2 Å². The van der Waals surface area contributed by atoms with Crippen LogP contribution >= 0.6 is 0 Å². The molecule has 0 saturated carbocycles. The molecule has 0 aliphatic rings. The van der Waals surface area contributed by atoms with Gasteiger partial charge in [-0.15, -0.1) is 0 Å². The average Bonchev–Trinajstić information content (AvgIpc) is 4.06. The lowest BCUT2D eigenvalue weighted by Gasteiger charge is -2.15. The molecule has 0 amide bonds. The van der Waals surface area contributed by atoms with Crippen molar-refractivity contribution >= 4 is 71.2 Å². The molecule has 0 fully saturated rings. The minimum atomic E-state index is 0.517. The van der Waals surface area contributed by atoms with Crippen molar-refractivity contribution in [2.45, 2.75) is 13.3 Å². The predicted octanol–water partition coefficient (Wildman–Crippen LogP) is 16.2. The van der Waals surface area contributed by atoms with Crippen LogP contribution in [0.4, 0.5) is 0 Å². The zero-order chi connectivity index (χ0) is 44.8. The van der Waals surface area contributed by atoms with Crippen molar-refractivity contribution in [3.8, 4) is 51.0 Å². The third kappa shape index (κ3) is 6.61. The van der Waals surface area contributed by atoms with E-state index in [-0.39, 0.29) is 0 Å². The molecular formula is C61H43N5O. The highest BCUT2D eigenvalue weighted by Gasteiger charge is 2.26. The molecule has 0 aliphatic carbocycles. The van der Waals surface area contributed by atoms with E-state index in [9.17, 15) is 0 Å². The molecule has 318 valence electrons. The highest BCUT2D eigenvalue weighted by Crippen LogP contribution is 2.45. The summed E-state index contributed by atoms with van der Waals surface area (Å²) >= 11 is 0. The fourth-order valence-corrected chi connectivity index (χ4v) is 9.87. The monoisotopic (exact) mass is 861 g/mol. The van der Waals surface area contributed by atoms with Crippen LogP contribution in [0.25, 0.3) is 122 Å². The van der Waals surface area contributed by atoms with E-state index < -0.39 is 0 Å². The Bertz CT molecular complexity index is 3960. The molecule has 4 aromatic heterocycles. The summed E-state index contributed by atoms with van der Waals surface area (Å²) in [7, 11) is 0. The Balaban J connectivity index is 1.21. The van der Waals surface area contributed by atoms with Crippen molar-refractivity contribution in [1.82, 2.24) is 24.1 Å². The number of aromatic nitrogens is 5. The standard InChI is InChI=1S/C61H43N5O/c1-3-5-6-7-17-29-43(4-2)65-56-45(41-25-13-9-14-26-41)32-20-33-47(56)49-39-38-48-46-30-18-19-35-51(46)66(58(48)57(49)65)61-63-59(42-27-15-10-16-28-42)62-60(64-61)50-34-22-37-53-55(50)54-44(31-21-36-52(54)67-53)40-23-11-8-12-24-40/h3-6,8-39H,1,7H2,2H3/b6-5-,29-17-,43-4+. The lowest BCUT2D eigenvalue weighted by atomic mass is 9.97. The van der Waals surface area contributed by atoms with E-state index in [1.165, 1.54) is 0 Å². The number of rotatable bonds is 10. The molecule has 0 unspecified atom stereocenters. The van der Waals surface area contributed by atoms with Gasteiger partial charge in [0.25, 0.3) is 0 Å². The molecule has 4 heterocycles. The zero-order valence-electron chi connectivity index (χ0n) is 36.8. The maximum atomic E-state index is 6.62. The van der Waals surface area contributed by atoms with Gasteiger partial charge < -0.3 is 8.98 Å². The molecule has 12 rings (SSSR count). The average molecular weight is 862 g/mol. The minimum Gasteiger partial charge on any atom is -0.456 e. The molecule has 12 aromatic rings. The van der Waals surface area contributed by atoms with Crippen LogP contribution in [0.1, 0.15) is 13.3 Å². The van der Waals surface area contributed by atoms with Crippen molar-refractivity contribution in [2.24, 2.45) is 0 Å². The van der Waals surface area contributed by atoms with Crippen molar-refractivity contribution in [2.75, 3.05) is 0 Å². The van der Waals surface area contributed by atoms with Crippen molar-refractivity contribution in [1.29, 1.82) is 0 Å². The molecule has 0 saturated heterocycles. The number of fused-ring (bicyclic) bond motifs is 10. The van der Waals surface area contributed by atoms with Gasteiger partial charge in [-0.1, -0.05) is 201 Å². The summed E-state index contributed by atoms with van der Waals surface area (Å²) < 4.78 is 11.3. The van der Waals surface area contributed by atoms with E-state index in [0.717, 1.165) is 111 Å². The Labute approximate surface area is 387 Å². The second-order valence-corrected chi connectivity index (χ2v) is 16.6. The molecule has 0 atom stereocenters. The van der Waals surface area contributed by atoms with Gasteiger partial charge in [-0.2, -0.15) is 9.97 Å². The van der Waals surface area contributed by atoms with E-state index >= 15 is 0 Å². The van der Waals surface area contributed by atoms with E-state index in [1.807, 2.05) is 54.6 Å². The second kappa shape index (κ2) is 16.6. The normalized spacial score (nSPS) is 12.3. The summed E-state index contributed by atoms with van der Waals surface area (Å²) in [5, 5.41) is 6.46. The quantitative estimate of drug-likeness (QED) is 0.129.